The summed E-state index contributed by atoms with van der Waals surface area (Å²) in [6.45, 7) is 9.67. The lowest BCUT2D eigenvalue weighted by atomic mass is 9.96. The van der Waals surface area contributed by atoms with E-state index in [4.69, 9.17) is 28.4 Å². The maximum atomic E-state index is 10.1. The minimum absolute atomic E-state index is 0.0280. The molecule has 2 heterocycles. The molecule has 9 nitrogen and oxygen atoms in total. The fourth-order valence-corrected chi connectivity index (χ4v) is 7.47. The molecule has 2 aliphatic heterocycles. The Labute approximate surface area is 326 Å². The molecule has 0 aromatic heterocycles. The van der Waals surface area contributed by atoms with E-state index in [1.54, 1.807) is 0 Å². The van der Waals surface area contributed by atoms with Crippen LogP contribution < -0.4 is 9.47 Å². The van der Waals surface area contributed by atoms with Crippen LogP contribution in [0.2, 0.25) is 0 Å². The molecule has 7 atom stereocenters. The van der Waals surface area contributed by atoms with Gasteiger partial charge in [-0.3, -0.25) is 0 Å². The summed E-state index contributed by atoms with van der Waals surface area (Å²) in [5, 5.41) is 18.8. The van der Waals surface area contributed by atoms with Gasteiger partial charge in [0.15, 0.2) is 12.6 Å². The molecule has 2 saturated heterocycles. The Morgan fingerprint density at radius 2 is 1.06 bits per heavy atom. The van der Waals surface area contributed by atoms with E-state index in [-0.39, 0.29) is 43.1 Å². The lowest BCUT2D eigenvalue weighted by Crippen LogP contribution is -2.44. The molecule has 0 saturated carbocycles. The van der Waals surface area contributed by atoms with Crippen LogP contribution in [-0.2, 0) is 18.9 Å². The monoisotopic (exact) mass is 753 g/mol. The summed E-state index contributed by atoms with van der Waals surface area (Å²) in [5.41, 5.74) is 1.58. The highest BCUT2D eigenvalue weighted by molar-refractivity contribution is 5.44. The van der Waals surface area contributed by atoms with Gasteiger partial charge < -0.3 is 33.5 Å². The third kappa shape index (κ3) is 17.9. The standard InChI is InChI=1S/C45H72N2O7/c1-5-8-9-14-17-20-44-51-38(6-2)32-42(53-44)34-43-33-41(31-35(4)48)52-45(54-43)21-18-15-12-10-11-13-16-19-30-50-40-28-24-37(25-29-40)47-46-36-22-26-39(27-23-36)49-7-3/h22-29,35,38,41-45,48H,5-21,30-34H2,1-4H3/b47-46+. The van der Waals surface area contributed by atoms with E-state index in [9.17, 15) is 5.11 Å². The van der Waals surface area contributed by atoms with Crippen LogP contribution in [0.25, 0.3) is 0 Å². The number of azo groups is 1. The third-order valence-corrected chi connectivity index (χ3v) is 10.4. The molecular formula is C45H72N2O7. The van der Waals surface area contributed by atoms with Crippen molar-refractivity contribution in [1.29, 1.82) is 0 Å². The SMILES string of the molecule is CCCCCCCC1OC(CC)CC(CC2CC(CC(C)O)OC(CCCCCCCCCCOc3ccc(/N=N/c4ccc(OCC)cc4)cc3)O2)O1. The lowest BCUT2D eigenvalue weighted by Gasteiger charge is -2.40. The van der Waals surface area contributed by atoms with Crippen molar-refractivity contribution in [3.05, 3.63) is 48.5 Å². The molecule has 304 valence electrons. The van der Waals surface area contributed by atoms with Gasteiger partial charge in [-0.25, -0.2) is 0 Å². The molecule has 0 amide bonds. The number of hydrogen-bond donors (Lipinski definition) is 1. The second-order valence-corrected chi connectivity index (χ2v) is 15.4. The maximum absolute atomic E-state index is 10.1. The zero-order valence-electron chi connectivity index (χ0n) is 34.0. The van der Waals surface area contributed by atoms with E-state index < -0.39 is 0 Å². The summed E-state index contributed by atoms with van der Waals surface area (Å²) in [6.07, 6.45) is 21.8. The first-order chi connectivity index (χ1) is 26.4. The minimum Gasteiger partial charge on any atom is -0.494 e. The van der Waals surface area contributed by atoms with E-state index in [0.29, 0.717) is 13.0 Å². The topological polar surface area (TPSA) is 100 Å². The van der Waals surface area contributed by atoms with E-state index in [1.165, 1.54) is 64.2 Å². The minimum atomic E-state index is -0.382. The molecule has 0 spiro atoms. The molecule has 1 N–H and O–H groups in total. The molecule has 0 radical (unpaired) electrons. The largest absolute Gasteiger partial charge is 0.494 e. The smallest absolute Gasteiger partial charge is 0.158 e. The average molecular weight is 753 g/mol. The van der Waals surface area contributed by atoms with Gasteiger partial charge in [-0.15, -0.1) is 0 Å². The zero-order chi connectivity index (χ0) is 38.2. The Morgan fingerprint density at radius 3 is 1.57 bits per heavy atom. The number of hydrogen-bond acceptors (Lipinski definition) is 9. The molecule has 2 aromatic rings. The number of rotatable bonds is 27. The van der Waals surface area contributed by atoms with Gasteiger partial charge in [-0.1, -0.05) is 78.1 Å². The van der Waals surface area contributed by atoms with E-state index >= 15 is 0 Å². The van der Waals surface area contributed by atoms with Crippen LogP contribution in [-0.4, -0.2) is 61.4 Å². The van der Waals surface area contributed by atoms with Crippen LogP contribution in [0.3, 0.4) is 0 Å². The zero-order valence-corrected chi connectivity index (χ0v) is 34.0. The average Bonchev–Trinajstić information content (AvgIpc) is 3.16. The second kappa shape index (κ2) is 26.3. The molecule has 2 aromatic carbocycles. The molecular weight excluding hydrogens is 681 g/mol. The van der Waals surface area contributed by atoms with Crippen molar-refractivity contribution in [2.45, 2.75) is 199 Å². The van der Waals surface area contributed by atoms with Gasteiger partial charge in [0.25, 0.3) is 0 Å². The van der Waals surface area contributed by atoms with E-state index in [0.717, 1.165) is 87.3 Å². The summed E-state index contributed by atoms with van der Waals surface area (Å²) < 4.78 is 37.1. The fraction of sp³-hybridized carbons (Fsp3) is 0.733. The molecule has 7 unspecified atom stereocenters. The quantitative estimate of drug-likeness (QED) is 0.0716. The second-order valence-electron chi connectivity index (χ2n) is 15.4. The summed E-state index contributed by atoms with van der Waals surface area (Å²) in [5.74, 6) is 1.70. The highest BCUT2D eigenvalue weighted by atomic mass is 16.7. The Hall–Kier alpha value is -2.56. The van der Waals surface area contributed by atoms with Crippen LogP contribution in [0.4, 0.5) is 11.4 Å². The van der Waals surface area contributed by atoms with Gasteiger partial charge in [-0.2, -0.15) is 10.2 Å². The van der Waals surface area contributed by atoms with Gasteiger partial charge in [0.1, 0.15) is 11.5 Å². The number of nitrogens with zero attached hydrogens (tertiary/aromatic N) is 2. The fourth-order valence-electron chi connectivity index (χ4n) is 7.47. The molecule has 4 rings (SSSR count). The van der Waals surface area contributed by atoms with Crippen LogP contribution in [0, 0.1) is 0 Å². The number of unbranched alkanes of at least 4 members (excludes halogenated alkanes) is 11. The predicted molar refractivity (Wildman–Crippen MR) is 216 cm³/mol. The lowest BCUT2D eigenvalue weighted by molar-refractivity contribution is -0.275. The van der Waals surface area contributed by atoms with Crippen LogP contribution in [0.1, 0.15) is 156 Å². The molecule has 0 bridgehead atoms. The molecule has 54 heavy (non-hydrogen) atoms. The first-order valence-electron chi connectivity index (χ1n) is 21.6. The molecule has 0 aliphatic carbocycles. The van der Waals surface area contributed by atoms with Crippen LogP contribution in [0.15, 0.2) is 58.8 Å². The Bertz CT molecular complexity index is 1260. The molecule has 2 aliphatic rings. The normalized spacial score (nSPS) is 23.8. The Kier molecular flexibility index (Phi) is 21.5. The van der Waals surface area contributed by atoms with Gasteiger partial charge >= 0.3 is 0 Å². The van der Waals surface area contributed by atoms with Gasteiger partial charge in [-0.05, 0) is 107 Å². The number of benzene rings is 2. The highest BCUT2D eigenvalue weighted by Gasteiger charge is 2.35. The van der Waals surface area contributed by atoms with Crippen molar-refractivity contribution in [2.75, 3.05) is 13.2 Å². The summed E-state index contributed by atoms with van der Waals surface area (Å²) in [7, 11) is 0. The first-order valence-corrected chi connectivity index (χ1v) is 21.6. The Balaban J connectivity index is 1.05. The number of ether oxygens (including phenoxy) is 6. The van der Waals surface area contributed by atoms with Crippen molar-refractivity contribution >= 4 is 11.4 Å². The Morgan fingerprint density at radius 1 is 0.593 bits per heavy atom. The van der Waals surface area contributed by atoms with Crippen LogP contribution in [0.5, 0.6) is 11.5 Å². The van der Waals surface area contributed by atoms with Crippen molar-refractivity contribution in [2.24, 2.45) is 10.2 Å². The summed E-state index contributed by atoms with van der Waals surface area (Å²) >= 11 is 0. The summed E-state index contributed by atoms with van der Waals surface area (Å²) in [6, 6.07) is 15.4. The highest BCUT2D eigenvalue weighted by Crippen LogP contribution is 2.32. The summed E-state index contributed by atoms with van der Waals surface area (Å²) in [4.78, 5) is 0. The van der Waals surface area contributed by atoms with E-state index in [1.807, 2.05) is 62.4 Å². The van der Waals surface area contributed by atoms with Crippen molar-refractivity contribution in [3.8, 4) is 11.5 Å². The maximum Gasteiger partial charge on any atom is 0.158 e. The number of aliphatic hydroxyl groups excluding tert-OH is 1. The van der Waals surface area contributed by atoms with Crippen molar-refractivity contribution < 1.29 is 33.5 Å². The predicted octanol–water partition coefficient (Wildman–Crippen LogP) is 12.3. The van der Waals surface area contributed by atoms with Crippen molar-refractivity contribution in [3.63, 3.8) is 0 Å². The van der Waals surface area contributed by atoms with Gasteiger partial charge in [0.2, 0.25) is 0 Å². The third-order valence-electron chi connectivity index (χ3n) is 10.4. The molecule has 2 fully saturated rings. The van der Waals surface area contributed by atoms with Gasteiger partial charge in [0, 0.05) is 19.3 Å². The molecule has 9 heteroatoms. The van der Waals surface area contributed by atoms with E-state index in [2.05, 4.69) is 24.1 Å². The first kappa shape index (κ1) is 44.2. The number of aliphatic hydroxyl groups is 1. The van der Waals surface area contributed by atoms with Crippen LogP contribution >= 0.6 is 0 Å². The van der Waals surface area contributed by atoms with Crippen molar-refractivity contribution in [1.82, 2.24) is 0 Å². The van der Waals surface area contributed by atoms with Gasteiger partial charge in [0.05, 0.1) is 55.1 Å².